The third kappa shape index (κ3) is 4.79. The molecule has 0 atom stereocenters. The summed E-state index contributed by atoms with van der Waals surface area (Å²) in [5, 5.41) is 2.63. The molecule has 3 aromatic rings. The van der Waals surface area contributed by atoms with E-state index in [1.54, 1.807) is 28.8 Å². The Hall–Kier alpha value is -3.56. The molecule has 0 aliphatic heterocycles. The lowest BCUT2D eigenvalue weighted by molar-refractivity contribution is 0.150. The Morgan fingerprint density at radius 1 is 1.13 bits per heavy atom. The summed E-state index contributed by atoms with van der Waals surface area (Å²) in [7, 11) is 1.51. The minimum atomic E-state index is -0.683. The van der Waals surface area contributed by atoms with Gasteiger partial charge >= 0.3 is 11.8 Å². The van der Waals surface area contributed by atoms with Gasteiger partial charge in [0.05, 0.1) is 12.8 Å². The summed E-state index contributed by atoms with van der Waals surface area (Å²) in [6, 6.07) is 6.97. The standard InChI is InChI=1S/C21H27N5O5/c1-4-6-12-26-18-17(19(27)24-20(26)28)25(11-5-2)16(23-18)13-31-21(29)22-14-9-7-8-10-15(14)30-3/h7-10H,4-6,11-13H2,1-3H3,(H,22,29)(H,24,27,28). The van der Waals surface area contributed by atoms with Crippen LogP contribution in [0.1, 0.15) is 38.9 Å². The molecule has 3 rings (SSSR count). The number of benzene rings is 1. The number of rotatable bonds is 9. The molecule has 0 saturated heterocycles. The largest absolute Gasteiger partial charge is 0.495 e. The number of anilines is 1. The van der Waals surface area contributed by atoms with Gasteiger partial charge in [-0.15, -0.1) is 0 Å². The van der Waals surface area contributed by atoms with Gasteiger partial charge in [0, 0.05) is 13.1 Å². The molecular formula is C21H27N5O5. The molecule has 0 spiro atoms. The molecule has 10 nitrogen and oxygen atoms in total. The zero-order valence-corrected chi connectivity index (χ0v) is 17.9. The lowest BCUT2D eigenvalue weighted by atomic mass is 10.3. The molecule has 1 amide bonds. The summed E-state index contributed by atoms with van der Waals surface area (Å²) >= 11 is 0. The quantitative estimate of drug-likeness (QED) is 0.540. The molecule has 10 heteroatoms. The summed E-state index contributed by atoms with van der Waals surface area (Å²) in [5.41, 5.74) is 0.0921. The Morgan fingerprint density at radius 3 is 2.61 bits per heavy atom. The molecule has 2 N–H and O–H groups in total. The van der Waals surface area contributed by atoms with Crippen LogP contribution in [0.3, 0.4) is 0 Å². The number of H-pyrrole nitrogens is 1. The van der Waals surface area contributed by atoms with Crippen molar-refractivity contribution in [2.75, 3.05) is 12.4 Å². The number of amides is 1. The number of aromatic amines is 1. The Bertz CT molecular complexity index is 1180. The number of unbranched alkanes of at least 4 members (excludes halogenated alkanes) is 1. The zero-order chi connectivity index (χ0) is 22.4. The smallest absolute Gasteiger partial charge is 0.412 e. The average molecular weight is 429 g/mol. The summed E-state index contributed by atoms with van der Waals surface area (Å²) in [6.07, 6.45) is 1.72. The van der Waals surface area contributed by atoms with Crippen LogP contribution < -0.4 is 21.3 Å². The third-order valence-corrected chi connectivity index (χ3v) is 4.82. The molecule has 0 unspecified atom stereocenters. The molecule has 1 aromatic carbocycles. The number of para-hydroxylation sites is 2. The van der Waals surface area contributed by atoms with Crippen molar-refractivity contribution in [3.8, 4) is 5.75 Å². The van der Waals surface area contributed by atoms with Crippen LogP contribution in [0.4, 0.5) is 10.5 Å². The molecular weight excluding hydrogens is 402 g/mol. The van der Waals surface area contributed by atoms with E-state index in [0.29, 0.717) is 41.5 Å². The van der Waals surface area contributed by atoms with Crippen molar-refractivity contribution in [3.05, 3.63) is 50.9 Å². The summed E-state index contributed by atoms with van der Waals surface area (Å²) in [5.74, 6) is 0.900. The molecule has 0 saturated carbocycles. The SMILES string of the molecule is CCCCn1c(=O)[nH]c(=O)c2c1nc(COC(=O)Nc1ccccc1OC)n2CCC. The summed E-state index contributed by atoms with van der Waals surface area (Å²) in [4.78, 5) is 44.0. The molecule has 2 heterocycles. The number of aromatic nitrogens is 4. The molecule has 166 valence electrons. The highest BCUT2D eigenvalue weighted by molar-refractivity contribution is 5.86. The van der Waals surface area contributed by atoms with Crippen LogP contribution in [0.2, 0.25) is 0 Å². The van der Waals surface area contributed by atoms with E-state index in [0.717, 1.165) is 19.3 Å². The van der Waals surface area contributed by atoms with E-state index in [1.807, 2.05) is 13.8 Å². The fourth-order valence-electron chi connectivity index (χ4n) is 3.34. The number of fused-ring (bicyclic) bond motifs is 1. The average Bonchev–Trinajstić information content (AvgIpc) is 3.11. The summed E-state index contributed by atoms with van der Waals surface area (Å²) in [6.45, 7) is 4.77. The molecule has 0 bridgehead atoms. The number of hydrogen-bond acceptors (Lipinski definition) is 6. The van der Waals surface area contributed by atoms with Crippen LogP contribution in [0.25, 0.3) is 11.2 Å². The monoisotopic (exact) mass is 429 g/mol. The highest BCUT2D eigenvalue weighted by Crippen LogP contribution is 2.23. The van der Waals surface area contributed by atoms with Crippen molar-refractivity contribution in [3.63, 3.8) is 0 Å². The zero-order valence-electron chi connectivity index (χ0n) is 17.9. The Labute approximate surface area is 178 Å². The Kier molecular flexibility index (Phi) is 7.11. The number of nitrogens with zero attached hydrogens (tertiary/aromatic N) is 3. The number of ether oxygens (including phenoxy) is 2. The second-order valence-corrected chi connectivity index (χ2v) is 7.02. The van der Waals surface area contributed by atoms with Gasteiger partial charge in [-0.3, -0.25) is 19.7 Å². The van der Waals surface area contributed by atoms with E-state index in [-0.39, 0.29) is 6.61 Å². The van der Waals surface area contributed by atoms with Crippen LogP contribution >= 0.6 is 0 Å². The van der Waals surface area contributed by atoms with Crippen LogP contribution in [-0.4, -0.2) is 32.3 Å². The minimum Gasteiger partial charge on any atom is -0.495 e. The van der Waals surface area contributed by atoms with Crippen molar-refractivity contribution >= 4 is 22.9 Å². The van der Waals surface area contributed by atoms with Crippen molar-refractivity contribution in [1.29, 1.82) is 0 Å². The van der Waals surface area contributed by atoms with Gasteiger partial charge in [0.15, 0.2) is 17.8 Å². The Balaban J connectivity index is 1.89. The lowest BCUT2D eigenvalue weighted by Gasteiger charge is -2.11. The topological polar surface area (TPSA) is 120 Å². The van der Waals surface area contributed by atoms with E-state index in [4.69, 9.17) is 9.47 Å². The van der Waals surface area contributed by atoms with E-state index < -0.39 is 17.3 Å². The highest BCUT2D eigenvalue weighted by Gasteiger charge is 2.19. The first-order valence-corrected chi connectivity index (χ1v) is 10.3. The van der Waals surface area contributed by atoms with Crippen molar-refractivity contribution in [2.24, 2.45) is 0 Å². The maximum Gasteiger partial charge on any atom is 0.412 e. The predicted molar refractivity (Wildman–Crippen MR) is 117 cm³/mol. The molecule has 0 fully saturated rings. The van der Waals surface area contributed by atoms with Gasteiger partial charge in [-0.05, 0) is 25.0 Å². The van der Waals surface area contributed by atoms with Crippen molar-refractivity contribution in [2.45, 2.75) is 52.8 Å². The second kappa shape index (κ2) is 9.96. The fraction of sp³-hybridized carbons (Fsp3) is 0.429. The lowest BCUT2D eigenvalue weighted by Crippen LogP contribution is -2.31. The maximum absolute atomic E-state index is 12.5. The number of carbonyl (C=O) groups excluding carboxylic acids is 1. The van der Waals surface area contributed by atoms with Crippen LogP contribution in [0, 0.1) is 0 Å². The number of methoxy groups -OCH3 is 1. The molecule has 0 radical (unpaired) electrons. The maximum atomic E-state index is 12.5. The van der Waals surface area contributed by atoms with Gasteiger partial charge in [0.1, 0.15) is 11.6 Å². The number of hydrogen-bond donors (Lipinski definition) is 2. The van der Waals surface area contributed by atoms with E-state index >= 15 is 0 Å². The third-order valence-electron chi connectivity index (χ3n) is 4.82. The van der Waals surface area contributed by atoms with Crippen molar-refractivity contribution in [1.82, 2.24) is 19.1 Å². The molecule has 0 aliphatic rings. The van der Waals surface area contributed by atoms with Gasteiger partial charge in [-0.2, -0.15) is 0 Å². The first kappa shape index (κ1) is 22.1. The van der Waals surface area contributed by atoms with E-state index in [1.165, 1.54) is 11.7 Å². The first-order chi connectivity index (χ1) is 15.0. The number of aryl methyl sites for hydroxylation is 2. The van der Waals surface area contributed by atoms with Crippen LogP contribution in [-0.2, 0) is 24.4 Å². The van der Waals surface area contributed by atoms with Crippen LogP contribution in [0.15, 0.2) is 33.9 Å². The number of imidazole rings is 1. The fourth-order valence-corrected chi connectivity index (χ4v) is 3.34. The predicted octanol–water partition coefficient (Wildman–Crippen LogP) is 2.85. The van der Waals surface area contributed by atoms with Crippen LogP contribution in [0.5, 0.6) is 5.75 Å². The van der Waals surface area contributed by atoms with Crippen molar-refractivity contribution < 1.29 is 14.3 Å². The van der Waals surface area contributed by atoms with Gasteiger partial charge in [0.2, 0.25) is 0 Å². The van der Waals surface area contributed by atoms with Gasteiger partial charge in [-0.1, -0.05) is 32.4 Å². The number of nitrogens with one attached hydrogen (secondary N) is 2. The van der Waals surface area contributed by atoms with E-state index in [9.17, 15) is 14.4 Å². The molecule has 0 aliphatic carbocycles. The highest BCUT2D eigenvalue weighted by atomic mass is 16.5. The Morgan fingerprint density at radius 2 is 1.90 bits per heavy atom. The normalized spacial score (nSPS) is 10.9. The first-order valence-electron chi connectivity index (χ1n) is 10.3. The van der Waals surface area contributed by atoms with Gasteiger partial charge in [0.25, 0.3) is 5.56 Å². The second-order valence-electron chi connectivity index (χ2n) is 7.02. The summed E-state index contributed by atoms with van der Waals surface area (Å²) < 4.78 is 13.7. The van der Waals surface area contributed by atoms with E-state index in [2.05, 4.69) is 15.3 Å². The molecule has 2 aromatic heterocycles. The number of carbonyl (C=O) groups is 1. The van der Waals surface area contributed by atoms with Gasteiger partial charge in [-0.25, -0.2) is 14.6 Å². The molecule has 31 heavy (non-hydrogen) atoms. The van der Waals surface area contributed by atoms with Gasteiger partial charge < -0.3 is 14.0 Å². The minimum absolute atomic E-state index is 0.156.